The molecule has 0 spiro atoms. The van der Waals surface area contributed by atoms with E-state index in [1.165, 1.54) is 0 Å². The normalized spacial score (nSPS) is 11.5. The number of amides is 1. The van der Waals surface area contributed by atoms with Crippen molar-refractivity contribution >= 4 is 22.9 Å². The lowest BCUT2D eigenvalue weighted by molar-refractivity contribution is -0.125. The minimum Gasteiger partial charge on any atom is -0.329 e. The third kappa shape index (κ3) is 3.36. The van der Waals surface area contributed by atoms with Gasteiger partial charge in [-0.1, -0.05) is 13.8 Å². The first-order chi connectivity index (χ1) is 10.5. The van der Waals surface area contributed by atoms with Crippen LogP contribution in [0, 0.1) is 12.3 Å². The van der Waals surface area contributed by atoms with Gasteiger partial charge in [0.25, 0.3) is 0 Å². The topological polar surface area (TPSA) is 68.0 Å². The van der Waals surface area contributed by atoms with Crippen molar-refractivity contribution < 1.29 is 4.79 Å². The second kappa shape index (κ2) is 7.03. The highest BCUT2D eigenvalue weighted by Crippen LogP contribution is 2.28. The quantitative estimate of drug-likeness (QED) is 0.851. The highest BCUT2D eigenvalue weighted by molar-refractivity contribution is 7.13. The van der Waals surface area contributed by atoms with Crippen molar-refractivity contribution in [1.82, 2.24) is 4.98 Å². The van der Waals surface area contributed by atoms with Crippen molar-refractivity contribution in [3.05, 3.63) is 35.3 Å². The monoisotopic (exact) mass is 317 g/mol. The number of hydrogen-bond donors (Lipinski definition) is 2. The Bertz CT molecular complexity index is 621. The van der Waals surface area contributed by atoms with E-state index in [9.17, 15) is 4.79 Å². The molecule has 1 amide bonds. The zero-order chi connectivity index (χ0) is 16.2. The van der Waals surface area contributed by atoms with Gasteiger partial charge < -0.3 is 11.1 Å². The number of nitrogens with two attached hydrogens (primary N) is 1. The van der Waals surface area contributed by atoms with E-state index in [0.717, 1.165) is 34.8 Å². The van der Waals surface area contributed by atoms with Gasteiger partial charge in [-0.15, -0.1) is 11.3 Å². The Balaban J connectivity index is 2.13. The van der Waals surface area contributed by atoms with Gasteiger partial charge in [-0.2, -0.15) is 0 Å². The molecule has 0 aliphatic rings. The minimum atomic E-state index is -0.481. The standard InChI is InChI=1S/C17H23N3OS/c1-4-17(5-2,11-18)16(21)20-14-8-6-13(7-9-14)15-19-12(3)10-22-15/h6-10H,4-5,11,18H2,1-3H3,(H,20,21). The molecular formula is C17H23N3OS. The van der Waals surface area contributed by atoms with Gasteiger partial charge in [-0.05, 0) is 44.0 Å². The summed E-state index contributed by atoms with van der Waals surface area (Å²) in [6, 6.07) is 7.79. The summed E-state index contributed by atoms with van der Waals surface area (Å²) in [6.07, 6.45) is 1.48. The van der Waals surface area contributed by atoms with Crippen LogP contribution in [0.2, 0.25) is 0 Å². The number of rotatable bonds is 6. The summed E-state index contributed by atoms with van der Waals surface area (Å²) in [4.78, 5) is 16.9. The summed E-state index contributed by atoms with van der Waals surface area (Å²) in [5.74, 6) is -0.00200. The molecule has 0 saturated heterocycles. The lowest BCUT2D eigenvalue weighted by atomic mass is 9.81. The number of aryl methyl sites for hydroxylation is 1. The largest absolute Gasteiger partial charge is 0.329 e. The molecule has 1 aromatic carbocycles. The van der Waals surface area contributed by atoms with Gasteiger partial charge in [0.05, 0.1) is 5.41 Å². The number of aromatic nitrogens is 1. The fourth-order valence-corrected chi connectivity index (χ4v) is 3.20. The van der Waals surface area contributed by atoms with E-state index in [1.807, 2.05) is 50.4 Å². The molecule has 4 nitrogen and oxygen atoms in total. The van der Waals surface area contributed by atoms with Crippen LogP contribution >= 0.6 is 11.3 Å². The van der Waals surface area contributed by atoms with Crippen LogP contribution in [0.15, 0.2) is 29.6 Å². The lowest BCUT2D eigenvalue weighted by Crippen LogP contribution is -2.41. The van der Waals surface area contributed by atoms with Crippen LogP contribution in [-0.2, 0) is 4.79 Å². The van der Waals surface area contributed by atoms with E-state index < -0.39 is 5.41 Å². The molecule has 0 fully saturated rings. The van der Waals surface area contributed by atoms with Gasteiger partial charge in [0, 0.05) is 28.9 Å². The molecule has 118 valence electrons. The maximum absolute atomic E-state index is 12.5. The molecule has 0 aliphatic heterocycles. The van der Waals surface area contributed by atoms with Crippen LogP contribution in [0.5, 0.6) is 0 Å². The van der Waals surface area contributed by atoms with Crippen molar-refractivity contribution in [3.8, 4) is 10.6 Å². The molecule has 22 heavy (non-hydrogen) atoms. The van der Waals surface area contributed by atoms with Gasteiger partial charge >= 0.3 is 0 Å². The third-order valence-corrected chi connectivity index (χ3v) is 5.24. The van der Waals surface area contributed by atoms with Crippen molar-refractivity contribution in [2.75, 3.05) is 11.9 Å². The highest BCUT2D eigenvalue weighted by Gasteiger charge is 2.33. The van der Waals surface area contributed by atoms with E-state index in [-0.39, 0.29) is 5.91 Å². The maximum Gasteiger partial charge on any atom is 0.231 e. The summed E-state index contributed by atoms with van der Waals surface area (Å²) in [6.45, 7) is 6.35. The van der Waals surface area contributed by atoms with Crippen molar-refractivity contribution in [1.29, 1.82) is 0 Å². The summed E-state index contributed by atoms with van der Waals surface area (Å²) >= 11 is 1.62. The first kappa shape index (κ1) is 16.6. The molecule has 3 N–H and O–H groups in total. The Kier molecular flexibility index (Phi) is 5.32. The van der Waals surface area contributed by atoms with Crippen LogP contribution in [0.1, 0.15) is 32.4 Å². The molecule has 0 aliphatic carbocycles. The smallest absolute Gasteiger partial charge is 0.231 e. The second-order valence-corrected chi connectivity index (χ2v) is 6.38. The van der Waals surface area contributed by atoms with E-state index in [1.54, 1.807) is 11.3 Å². The average Bonchev–Trinajstić information content (AvgIpc) is 2.97. The van der Waals surface area contributed by atoms with Gasteiger partial charge in [0.2, 0.25) is 5.91 Å². The van der Waals surface area contributed by atoms with Crippen molar-refractivity contribution in [2.45, 2.75) is 33.6 Å². The van der Waals surface area contributed by atoms with Gasteiger partial charge in [-0.25, -0.2) is 4.98 Å². The predicted molar refractivity (Wildman–Crippen MR) is 93.0 cm³/mol. The molecule has 0 atom stereocenters. The Labute approximate surface area is 135 Å². The fourth-order valence-electron chi connectivity index (χ4n) is 2.40. The van der Waals surface area contributed by atoms with E-state index in [2.05, 4.69) is 10.3 Å². The Morgan fingerprint density at radius 1 is 1.27 bits per heavy atom. The first-order valence-corrected chi connectivity index (χ1v) is 8.46. The molecule has 2 rings (SSSR count). The third-order valence-electron chi connectivity index (χ3n) is 4.23. The van der Waals surface area contributed by atoms with Crippen LogP contribution in [-0.4, -0.2) is 17.4 Å². The van der Waals surface area contributed by atoms with Crippen LogP contribution in [0.25, 0.3) is 10.6 Å². The molecule has 0 radical (unpaired) electrons. The highest BCUT2D eigenvalue weighted by atomic mass is 32.1. The summed E-state index contributed by atoms with van der Waals surface area (Å²) in [5, 5.41) is 6.01. The number of anilines is 1. The molecule has 0 bridgehead atoms. The summed E-state index contributed by atoms with van der Waals surface area (Å²) in [7, 11) is 0. The van der Waals surface area contributed by atoms with Crippen LogP contribution in [0.4, 0.5) is 5.69 Å². The van der Waals surface area contributed by atoms with E-state index in [4.69, 9.17) is 5.73 Å². The fraction of sp³-hybridized carbons (Fsp3) is 0.412. The first-order valence-electron chi connectivity index (χ1n) is 7.58. The van der Waals surface area contributed by atoms with E-state index >= 15 is 0 Å². The Morgan fingerprint density at radius 2 is 1.91 bits per heavy atom. The SMILES string of the molecule is CCC(CC)(CN)C(=O)Nc1ccc(-c2nc(C)cs2)cc1. The number of benzene rings is 1. The van der Waals surface area contributed by atoms with Gasteiger partial charge in [0.1, 0.15) is 5.01 Å². The van der Waals surface area contributed by atoms with E-state index in [0.29, 0.717) is 6.54 Å². The molecule has 5 heteroatoms. The Morgan fingerprint density at radius 3 is 2.36 bits per heavy atom. The summed E-state index contributed by atoms with van der Waals surface area (Å²) in [5.41, 5.74) is 8.22. The second-order valence-electron chi connectivity index (χ2n) is 5.52. The molecule has 2 aromatic rings. The minimum absolute atomic E-state index is 0.00200. The average molecular weight is 317 g/mol. The molecule has 0 saturated carbocycles. The molecular weight excluding hydrogens is 294 g/mol. The molecule has 1 heterocycles. The van der Waals surface area contributed by atoms with Crippen molar-refractivity contribution in [2.24, 2.45) is 11.1 Å². The number of nitrogens with zero attached hydrogens (tertiary/aromatic N) is 1. The molecule has 1 aromatic heterocycles. The number of carbonyl (C=O) groups is 1. The van der Waals surface area contributed by atoms with Crippen molar-refractivity contribution in [3.63, 3.8) is 0 Å². The van der Waals surface area contributed by atoms with Crippen LogP contribution < -0.4 is 11.1 Å². The zero-order valence-electron chi connectivity index (χ0n) is 13.3. The predicted octanol–water partition coefficient (Wildman–Crippen LogP) is 3.82. The number of carbonyl (C=O) groups excluding carboxylic acids is 1. The number of nitrogens with one attached hydrogen (secondary N) is 1. The summed E-state index contributed by atoms with van der Waals surface area (Å²) < 4.78 is 0. The van der Waals surface area contributed by atoms with Gasteiger partial charge in [-0.3, -0.25) is 4.79 Å². The Hall–Kier alpha value is -1.72. The lowest BCUT2D eigenvalue weighted by Gasteiger charge is -2.28. The van der Waals surface area contributed by atoms with Gasteiger partial charge in [0.15, 0.2) is 0 Å². The molecule has 0 unspecified atom stereocenters. The van der Waals surface area contributed by atoms with Crippen LogP contribution in [0.3, 0.4) is 0 Å². The number of thiazole rings is 1. The maximum atomic E-state index is 12.5. The number of hydrogen-bond acceptors (Lipinski definition) is 4. The zero-order valence-corrected chi connectivity index (χ0v) is 14.2.